The Labute approximate surface area is 177 Å². The lowest BCUT2D eigenvalue weighted by molar-refractivity contribution is 0.0973. The molecule has 2 aliphatic heterocycles. The van der Waals surface area contributed by atoms with Gasteiger partial charge in [-0.2, -0.15) is 0 Å². The van der Waals surface area contributed by atoms with Crippen molar-refractivity contribution in [1.29, 1.82) is 0 Å². The minimum Gasteiger partial charge on any atom is -0.376 e. The zero-order valence-corrected chi connectivity index (χ0v) is 17.6. The van der Waals surface area contributed by atoms with Crippen LogP contribution in [0, 0.1) is 5.41 Å². The predicted octanol–water partition coefficient (Wildman–Crippen LogP) is 2.89. The number of piperidine rings is 1. The van der Waals surface area contributed by atoms with E-state index in [0.29, 0.717) is 16.0 Å². The van der Waals surface area contributed by atoms with E-state index in [2.05, 4.69) is 37.0 Å². The first kappa shape index (κ1) is 19.0. The molecule has 3 aromatic rings. The molecule has 5 rings (SSSR count). The molecule has 10 heteroatoms. The van der Waals surface area contributed by atoms with E-state index in [1.54, 1.807) is 12.4 Å². The molecule has 2 atom stereocenters. The van der Waals surface area contributed by atoms with Crippen molar-refractivity contribution in [3.05, 3.63) is 29.7 Å². The molecule has 0 radical (unpaired) electrons. The Balaban J connectivity index is 1.29. The van der Waals surface area contributed by atoms with Crippen LogP contribution in [0.4, 0.5) is 5.95 Å². The molecule has 152 valence electrons. The molecule has 0 saturated carbocycles. The summed E-state index contributed by atoms with van der Waals surface area (Å²) in [6, 6.07) is 2.05. The van der Waals surface area contributed by atoms with Crippen LogP contribution >= 0.6 is 23.4 Å². The lowest BCUT2D eigenvalue weighted by Gasteiger charge is -2.41. The second-order valence-corrected chi connectivity index (χ2v) is 9.20. The minimum atomic E-state index is 0.0825. The molecule has 0 aliphatic carbocycles. The first-order chi connectivity index (χ1) is 14.1. The van der Waals surface area contributed by atoms with Gasteiger partial charge in [0, 0.05) is 47.2 Å². The largest absolute Gasteiger partial charge is 0.376 e. The number of nitrogens with one attached hydrogen (secondary N) is 1. The molecule has 5 heterocycles. The highest BCUT2D eigenvalue weighted by Gasteiger charge is 2.47. The number of fused-ring (bicyclic) bond motifs is 1. The van der Waals surface area contributed by atoms with Crippen LogP contribution in [0.15, 0.2) is 34.6 Å². The summed E-state index contributed by atoms with van der Waals surface area (Å²) in [4.78, 5) is 15.0. The van der Waals surface area contributed by atoms with Gasteiger partial charge in [0.2, 0.25) is 5.95 Å². The van der Waals surface area contributed by atoms with Crippen LogP contribution < -0.4 is 10.6 Å². The van der Waals surface area contributed by atoms with E-state index in [1.807, 2.05) is 12.3 Å². The average Bonchev–Trinajstić information content (AvgIpc) is 3.33. The summed E-state index contributed by atoms with van der Waals surface area (Å²) >= 11 is 7.79. The minimum absolute atomic E-state index is 0.0825. The van der Waals surface area contributed by atoms with E-state index in [9.17, 15) is 0 Å². The zero-order valence-electron chi connectivity index (χ0n) is 16.0. The van der Waals surface area contributed by atoms with E-state index in [-0.39, 0.29) is 17.6 Å². The van der Waals surface area contributed by atoms with Gasteiger partial charge in [0.05, 0.1) is 23.9 Å². The van der Waals surface area contributed by atoms with Crippen molar-refractivity contribution >= 4 is 40.3 Å². The van der Waals surface area contributed by atoms with Crippen LogP contribution in [-0.4, -0.2) is 57.0 Å². The van der Waals surface area contributed by atoms with Crippen LogP contribution in [0.3, 0.4) is 0 Å². The maximum absolute atomic E-state index is 6.40. The smallest absolute Gasteiger partial charge is 0.245 e. The molecule has 3 aromatic heterocycles. The standard InChI is InChI=1S/C19H22ClN7OS/c1-11-16(21)19(10-28-11)3-6-27(7-4-19)18-24-9-14(25-26-18)29-15-12-2-5-22-17(12)23-8-13(15)20/h2,5,8-9,11,16H,3-4,6-7,10,21H2,1H3,(H,22,23)/t11-,16+/m0/s1. The number of pyridine rings is 1. The van der Waals surface area contributed by atoms with E-state index >= 15 is 0 Å². The van der Waals surface area contributed by atoms with Crippen molar-refractivity contribution in [1.82, 2.24) is 25.1 Å². The van der Waals surface area contributed by atoms with Gasteiger partial charge in [-0.3, -0.25) is 0 Å². The predicted molar refractivity (Wildman–Crippen MR) is 112 cm³/mol. The number of H-pyrrole nitrogens is 1. The van der Waals surface area contributed by atoms with E-state index in [0.717, 1.165) is 48.5 Å². The SMILES string of the molecule is C[C@@H]1OCC2(CCN(c3ncc(Sc4c(Cl)cnc5[nH]ccc45)nn3)CC2)[C@@H]1N. The van der Waals surface area contributed by atoms with Crippen molar-refractivity contribution in [2.45, 2.75) is 41.8 Å². The molecule has 2 fully saturated rings. The first-order valence-electron chi connectivity index (χ1n) is 9.67. The number of nitrogens with two attached hydrogens (primary N) is 1. The van der Waals surface area contributed by atoms with Gasteiger partial charge in [-0.05, 0) is 25.8 Å². The Bertz CT molecular complexity index is 1020. The van der Waals surface area contributed by atoms with Gasteiger partial charge >= 0.3 is 0 Å². The second kappa shape index (κ2) is 7.39. The lowest BCUT2D eigenvalue weighted by atomic mass is 9.73. The molecule has 1 spiro atoms. The van der Waals surface area contributed by atoms with Crippen molar-refractivity contribution in [2.24, 2.45) is 11.1 Å². The zero-order chi connectivity index (χ0) is 20.0. The number of hydrogen-bond acceptors (Lipinski definition) is 8. The summed E-state index contributed by atoms with van der Waals surface area (Å²) in [5.74, 6) is 0.650. The molecule has 0 amide bonds. The summed E-state index contributed by atoms with van der Waals surface area (Å²) in [5.41, 5.74) is 7.28. The topological polar surface area (TPSA) is 106 Å². The Kier molecular flexibility index (Phi) is 4.85. The van der Waals surface area contributed by atoms with Crippen molar-refractivity contribution in [3.63, 3.8) is 0 Å². The lowest BCUT2D eigenvalue weighted by Crippen LogP contribution is -2.51. The van der Waals surface area contributed by atoms with E-state index < -0.39 is 0 Å². The highest BCUT2D eigenvalue weighted by molar-refractivity contribution is 7.99. The Morgan fingerprint density at radius 1 is 1.28 bits per heavy atom. The van der Waals surface area contributed by atoms with Crippen molar-refractivity contribution in [3.8, 4) is 0 Å². The number of nitrogens with zero attached hydrogens (tertiary/aromatic N) is 5. The molecular weight excluding hydrogens is 410 g/mol. The molecule has 2 aliphatic rings. The highest BCUT2D eigenvalue weighted by Crippen LogP contribution is 2.41. The third kappa shape index (κ3) is 3.35. The van der Waals surface area contributed by atoms with Crippen LogP contribution in [-0.2, 0) is 4.74 Å². The third-order valence-electron chi connectivity index (χ3n) is 6.12. The van der Waals surface area contributed by atoms with Gasteiger partial charge in [0.25, 0.3) is 0 Å². The Morgan fingerprint density at radius 3 is 2.79 bits per heavy atom. The van der Waals surface area contributed by atoms with Crippen molar-refractivity contribution < 1.29 is 4.74 Å². The van der Waals surface area contributed by atoms with E-state index in [4.69, 9.17) is 22.1 Å². The summed E-state index contributed by atoms with van der Waals surface area (Å²) in [6.45, 7) is 4.53. The monoisotopic (exact) mass is 431 g/mol. The van der Waals surface area contributed by atoms with Crippen molar-refractivity contribution in [2.75, 3.05) is 24.6 Å². The number of anilines is 1. The highest BCUT2D eigenvalue weighted by atomic mass is 35.5. The van der Waals surface area contributed by atoms with Gasteiger partial charge in [-0.25, -0.2) is 9.97 Å². The quantitative estimate of drug-likeness (QED) is 0.652. The fraction of sp³-hybridized carbons (Fsp3) is 0.474. The molecule has 3 N–H and O–H groups in total. The van der Waals surface area contributed by atoms with Gasteiger partial charge in [0.15, 0.2) is 0 Å². The fourth-order valence-electron chi connectivity index (χ4n) is 4.24. The Hall–Kier alpha value is -1.94. The molecule has 2 saturated heterocycles. The number of aromatic amines is 1. The molecule has 0 unspecified atom stereocenters. The van der Waals surface area contributed by atoms with Crippen LogP contribution in [0.2, 0.25) is 5.02 Å². The fourth-order valence-corrected chi connectivity index (χ4v) is 5.33. The average molecular weight is 432 g/mol. The molecular formula is C19H22ClN7OS. The molecule has 0 bridgehead atoms. The van der Waals surface area contributed by atoms with Gasteiger partial charge in [-0.1, -0.05) is 23.4 Å². The maximum Gasteiger partial charge on any atom is 0.245 e. The van der Waals surface area contributed by atoms with Gasteiger partial charge in [0.1, 0.15) is 10.7 Å². The molecule has 0 aromatic carbocycles. The summed E-state index contributed by atoms with van der Waals surface area (Å²) in [5, 5.41) is 11.0. The van der Waals surface area contributed by atoms with Crippen LogP contribution in [0.5, 0.6) is 0 Å². The third-order valence-corrected chi connectivity index (χ3v) is 7.56. The summed E-state index contributed by atoms with van der Waals surface area (Å²) < 4.78 is 5.80. The van der Waals surface area contributed by atoms with Gasteiger partial charge in [-0.15, -0.1) is 10.2 Å². The maximum atomic E-state index is 6.40. The van der Waals surface area contributed by atoms with E-state index in [1.165, 1.54) is 11.8 Å². The summed E-state index contributed by atoms with van der Waals surface area (Å²) in [6.07, 6.45) is 7.32. The normalized spacial score (nSPS) is 23.9. The van der Waals surface area contributed by atoms with Crippen LogP contribution in [0.25, 0.3) is 11.0 Å². The number of ether oxygens (including phenoxy) is 1. The Morgan fingerprint density at radius 2 is 2.10 bits per heavy atom. The van der Waals surface area contributed by atoms with Gasteiger partial charge < -0.3 is 20.4 Å². The number of halogens is 1. The number of aromatic nitrogens is 5. The molecule has 8 nitrogen and oxygen atoms in total. The second-order valence-electron chi connectivity index (χ2n) is 7.77. The summed E-state index contributed by atoms with van der Waals surface area (Å²) in [7, 11) is 0. The first-order valence-corrected chi connectivity index (χ1v) is 10.9. The van der Waals surface area contributed by atoms with Crippen LogP contribution in [0.1, 0.15) is 19.8 Å². The number of hydrogen-bond donors (Lipinski definition) is 2. The molecule has 29 heavy (non-hydrogen) atoms. The number of rotatable bonds is 3.